The number of nitrogens with zero attached hydrogens (tertiary/aromatic N) is 1. The van der Waals surface area contributed by atoms with Crippen LogP contribution in [0.4, 0.5) is 0 Å². The minimum Gasteiger partial charge on any atom is -0.328 e. The first-order valence-electron chi connectivity index (χ1n) is 6.72. The van der Waals surface area contributed by atoms with Gasteiger partial charge in [-0.1, -0.05) is 19.8 Å². The molecule has 0 spiro atoms. The molecule has 0 radical (unpaired) electrons. The van der Waals surface area contributed by atoms with Crippen molar-refractivity contribution in [1.29, 1.82) is 0 Å². The maximum absolute atomic E-state index is 5.94. The minimum atomic E-state index is 0.474. The Hall–Kier alpha value is -0.0800. The fourth-order valence-electron chi connectivity index (χ4n) is 3.33. The molecule has 0 atom stereocenters. The van der Waals surface area contributed by atoms with E-state index in [-0.39, 0.29) is 0 Å². The predicted octanol–water partition coefficient (Wildman–Crippen LogP) is 2.38. The summed E-state index contributed by atoms with van der Waals surface area (Å²) >= 11 is 0. The van der Waals surface area contributed by atoms with E-state index in [4.69, 9.17) is 5.73 Å². The molecular weight excluding hydrogens is 184 g/mol. The molecule has 0 unspecified atom stereocenters. The number of piperidine rings is 1. The second-order valence-corrected chi connectivity index (χ2v) is 5.67. The summed E-state index contributed by atoms with van der Waals surface area (Å²) in [6.07, 6.45) is 9.63. The highest BCUT2D eigenvalue weighted by Crippen LogP contribution is 2.41. The van der Waals surface area contributed by atoms with E-state index in [0.717, 1.165) is 0 Å². The Morgan fingerprint density at radius 2 is 1.80 bits per heavy atom. The topological polar surface area (TPSA) is 29.3 Å². The number of hydrogen-bond donors (Lipinski definition) is 1. The second kappa shape index (κ2) is 4.84. The molecule has 0 amide bonds. The SMILES string of the molecule is CCC1(CN2CCC(N)CC2)CCCC1. The molecule has 1 heterocycles. The van der Waals surface area contributed by atoms with Gasteiger partial charge in [-0.2, -0.15) is 0 Å². The van der Waals surface area contributed by atoms with Gasteiger partial charge in [0, 0.05) is 12.6 Å². The monoisotopic (exact) mass is 210 g/mol. The van der Waals surface area contributed by atoms with Crippen LogP contribution in [0.15, 0.2) is 0 Å². The van der Waals surface area contributed by atoms with Crippen molar-refractivity contribution in [3.8, 4) is 0 Å². The van der Waals surface area contributed by atoms with Crippen LogP contribution in [0.3, 0.4) is 0 Å². The first-order valence-corrected chi connectivity index (χ1v) is 6.72. The standard InChI is InChI=1S/C13H26N2/c1-2-13(7-3-4-8-13)11-15-9-5-12(14)6-10-15/h12H,2-11,14H2,1H3. The fourth-order valence-corrected chi connectivity index (χ4v) is 3.33. The van der Waals surface area contributed by atoms with Crippen LogP contribution in [0.5, 0.6) is 0 Å². The lowest BCUT2D eigenvalue weighted by Crippen LogP contribution is -2.44. The highest BCUT2D eigenvalue weighted by molar-refractivity contribution is 4.88. The van der Waals surface area contributed by atoms with Crippen LogP contribution in [0.1, 0.15) is 51.9 Å². The molecule has 2 nitrogen and oxygen atoms in total. The first kappa shape index (κ1) is 11.4. The molecule has 88 valence electrons. The van der Waals surface area contributed by atoms with Crippen LogP contribution in [-0.2, 0) is 0 Å². The van der Waals surface area contributed by atoms with Gasteiger partial charge in [0.2, 0.25) is 0 Å². The Kier molecular flexibility index (Phi) is 3.68. The van der Waals surface area contributed by atoms with Crippen LogP contribution in [-0.4, -0.2) is 30.6 Å². The Bertz CT molecular complexity index is 189. The zero-order valence-electron chi connectivity index (χ0n) is 10.2. The van der Waals surface area contributed by atoms with Crippen molar-refractivity contribution < 1.29 is 0 Å². The normalized spacial score (nSPS) is 28.4. The van der Waals surface area contributed by atoms with Crippen LogP contribution in [0.25, 0.3) is 0 Å². The molecule has 15 heavy (non-hydrogen) atoms. The van der Waals surface area contributed by atoms with E-state index < -0.39 is 0 Å². The van der Waals surface area contributed by atoms with Gasteiger partial charge in [-0.15, -0.1) is 0 Å². The van der Waals surface area contributed by atoms with Crippen molar-refractivity contribution in [3.63, 3.8) is 0 Å². The maximum Gasteiger partial charge on any atom is 0.00631 e. The minimum absolute atomic E-state index is 0.474. The number of nitrogens with two attached hydrogens (primary N) is 1. The third kappa shape index (κ3) is 2.73. The van der Waals surface area contributed by atoms with Gasteiger partial charge < -0.3 is 10.6 Å². The second-order valence-electron chi connectivity index (χ2n) is 5.67. The summed E-state index contributed by atoms with van der Waals surface area (Å²) < 4.78 is 0. The predicted molar refractivity (Wildman–Crippen MR) is 64.8 cm³/mol. The van der Waals surface area contributed by atoms with E-state index in [1.165, 1.54) is 64.6 Å². The molecule has 0 aromatic heterocycles. The van der Waals surface area contributed by atoms with E-state index in [1.54, 1.807) is 0 Å². The van der Waals surface area contributed by atoms with Crippen molar-refractivity contribution >= 4 is 0 Å². The van der Waals surface area contributed by atoms with Gasteiger partial charge in [-0.05, 0) is 50.6 Å². The summed E-state index contributed by atoms with van der Waals surface area (Å²) in [5, 5.41) is 0. The lowest BCUT2D eigenvalue weighted by atomic mass is 9.82. The highest BCUT2D eigenvalue weighted by Gasteiger charge is 2.34. The smallest absolute Gasteiger partial charge is 0.00631 e. The van der Waals surface area contributed by atoms with Gasteiger partial charge in [-0.3, -0.25) is 0 Å². The lowest BCUT2D eigenvalue weighted by Gasteiger charge is -2.38. The highest BCUT2D eigenvalue weighted by atomic mass is 15.1. The largest absolute Gasteiger partial charge is 0.328 e. The molecule has 0 bridgehead atoms. The molecule has 2 heteroatoms. The summed E-state index contributed by atoms with van der Waals surface area (Å²) in [5.74, 6) is 0. The van der Waals surface area contributed by atoms with Crippen LogP contribution in [0.2, 0.25) is 0 Å². The molecule has 0 aromatic carbocycles. The molecule has 1 saturated carbocycles. The summed E-state index contributed by atoms with van der Waals surface area (Å²) in [4.78, 5) is 2.66. The molecular formula is C13H26N2. The molecule has 1 aliphatic carbocycles. The maximum atomic E-state index is 5.94. The molecule has 1 aliphatic heterocycles. The van der Waals surface area contributed by atoms with Crippen LogP contribution >= 0.6 is 0 Å². The van der Waals surface area contributed by atoms with Gasteiger partial charge in [-0.25, -0.2) is 0 Å². The van der Waals surface area contributed by atoms with E-state index in [9.17, 15) is 0 Å². The molecule has 2 rings (SSSR count). The summed E-state index contributed by atoms with van der Waals surface area (Å²) in [6, 6.07) is 0.474. The Morgan fingerprint density at radius 1 is 1.20 bits per heavy atom. The Morgan fingerprint density at radius 3 is 2.33 bits per heavy atom. The van der Waals surface area contributed by atoms with Crippen LogP contribution in [0, 0.1) is 5.41 Å². The summed E-state index contributed by atoms with van der Waals surface area (Å²) in [5.41, 5.74) is 6.61. The van der Waals surface area contributed by atoms with E-state index in [1.807, 2.05) is 0 Å². The zero-order valence-corrected chi connectivity index (χ0v) is 10.2. The van der Waals surface area contributed by atoms with Crippen molar-refractivity contribution in [2.75, 3.05) is 19.6 Å². The molecule has 1 saturated heterocycles. The van der Waals surface area contributed by atoms with E-state index in [2.05, 4.69) is 11.8 Å². The van der Waals surface area contributed by atoms with Gasteiger partial charge in [0.15, 0.2) is 0 Å². The molecule has 0 aromatic rings. The fraction of sp³-hybridized carbons (Fsp3) is 1.00. The van der Waals surface area contributed by atoms with Crippen molar-refractivity contribution in [1.82, 2.24) is 4.90 Å². The Balaban J connectivity index is 1.84. The third-order valence-corrected chi connectivity index (χ3v) is 4.61. The average Bonchev–Trinajstić information content (AvgIpc) is 2.71. The van der Waals surface area contributed by atoms with Gasteiger partial charge in [0.05, 0.1) is 0 Å². The number of likely N-dealkylation sites (tertiary alicyclic amines) is 1. The Labute approximate surface area is 94.2 Å². The van der Waals surface area contributed by atoms with E-state index in [0.29, 0.717) is 11.5 Å². The van der Waals surface area contributed by atoms with Crippen molar-refractivity contribution in [2.45, 2.75) is 57.9 Å². The van der Waals surface area contributed by atoms with Crippen molar-refractivity contribution in [2.24, 2.45) is 11.1 Å². The summed E-state index contributed by atoms with van der Waals surface area (Å²) in [7, 11) is 0. The first-order chi connectivity index (χ1) is 7.24. The number of hydrogen-bond acceptors (Lipinski definition) is 2. The summed E-state index contributed by atoms with van der Waals surface area (Å²) in [6.45, 7) is 6.20. The van der Waals surface area contributed by atoms with Crippen LogP contribution < -0.4 is 5.73 Å². The zero-order chi connectivity index (χ0) is 10.7. The molecule has 2 N–H and O–H groups in total. The molecule has 2 fully saturated rings. The average molecular weight is 210 g/mol. The lowest BCUT2D eigenvalue weighted by molar-refractivity contribution is 0.121. The quantitative estimate of drug-likeness (QED) is 0.775. The van der Waals surface area contributed by atoms with Gasteiger partial charge in [0.25, 0.3) is 0 Å². The molecule has 2 aliphatic rings. The van der Waals surface area contributed by atoms with Gasteiger partial charge >= 0.3 is 0 Å². The number of rotatable bonds is 3. The van der Waals surface area contributed by atoms with E-state index >= 15 is 0 Å². The van der Waals surface area contributed by atoms with Gasteiger partial charge in [0.1, 0.15) is 0 Å². The third-order valence-electron chi connectivity index (χ3n) is 4.61. The van der Waals surface area contributed by atoms with Crippen molar-refractivity contribution in [3.05, 3.63) is 0 Å².